The SMILES string of the molecule is CC1=NOC(=O)C1=Cc1ccc(OCc2ccc(Cl)cc2)c(Cl)c1. The Labute approximate surface area is 149 Å². The van der Waals surface area contributed by atoms with Crippen LogP contribution in [0.2, 0.25) is 10.0 Å². The molecule has 0 bridgehead atoms. The molecule has 0 aliphatic carbocycles. The van der Waals surface area contributed by atoms with E-state index >= 15 is 0 Å². The zero-order chi connectivity index (χ0) is 17.1. The fourth-order valence-corrected chi connectivity index (χ4v) is 2.52. The highest BCUT2D eigenvalue weighted by atomic mass is 35.5. The Morgan fingerprint density at radius 1 is 1.17 bits per heavy atom. The van der Waals surface area contributed by atoms with E-state index in [9.17, 15) is 4.79 Å². The Hall–Kier alpha value is -2.30. The molecule has 0 amide bonds. The first-order valence-electron chi connectivity index (χ1n) is 7.18. The number of benzene rings is 2. The number of nitrogens with zero attached hydrogens (tertiary/aromatic N) is 1. The summed E-state index contributed by atoms with van der Waals surface area (Å²) in [6.07, 6.45) is 1.68. The van der Waals surface area contributed by atoms with Crippen molar-refractivity contribution < 1.29 is 14.4 Å². The van der Waals surface area contributed by atoms with Gasteiger partial charge in [0, 0.05) is 5.02 Å². The molecular formula is C18H13Cl2NO3. The second kappa shape index (κ2) is 7.07. The highest BCUT2D eigenvalue weighted by Gasteiger charge is 2.21. The van der Waals surface area contributed by atoms with Crippen LogP contribution in [-0.2, 0) is 16.2 Å². The van der Waals surface area contributed by atoms with Gasteiger partial charge in [0.05, 0.1) is 16.3 Å². The molecule has 24 heavy (non-hydrogen) atoms. The van der Waals surface area contributed by atoms with E-state index in [1.165, 1.54) is 0 Å². The van der Waals surface area contributed by atoms with Gasteiger partial charge < -0.3 is 9.57 Å². The molecule has 1 heterocycles. The highest BCUT2D eigenvalue weighted by molar-refractivity contribution is 6.32. The van der Waals surface area contributed by atoms with Crippen LogP contribution in [0.3, 0.4) is 0 Å². The van der Waals surface area contributed by atoms with E-state index in [0.29, 0.717) is 33.7 Å². The number of carbonyl (C=O) groups is 1. The quantitative estimate of drug-likeness (QED) is 0.575. The van der Waals surface area contributed by atoms with Crippen LogP contribution in [0.5, 0.6) is 5.75 Å². The van der Waals surface area contributed by atoms with Crippen molar-refractivity contribution in [1.82, 2.24) is 0 Å². The van der Waals surface area contributed by atoms with E-state index in [-0.39, 0.29) is 0 Å². The summed E-state index contributed by atoms with van der Waals surface area (Å²) in [4.78, 5) is 16.2. The lowest BCUT2D eigenvalue weighted by atomic mass is 10.1. The topological polar surface area (TPSA) is 47.9 Å². The Morgan fingerprint density at radius 3 is 2.54 bits per heavy atom. The lowest BCUT2D eigenvalue weighted by molar-refractivity contribution is -0.136. The summed E-state index contributed by atoms with van der Waals surface area (Å²) < 4.78 is 5.72. The molecule has 3 rings (SSSR count). The minimum absolute atomic E-state index is 0.384. The lowest BCUT2D eigenvalue weighted by Gasteiger charge is -2.09. The second-order valence-electron chi connectivity index (χ2n) is 5.22. The van der Waals surface area contributed by atoms with Crippen LogP contribution in [0, 0.1) is 0 Å². The van der Waals surface area contributed by atoms with E-state index < -0.39 is 5.97 Å². The molecule has 0 aromatic heterocycles. The predicted octanol–water partition coefficient (Wildman–Crippen LogP) is 4.89. The summed E-state index contributed by atoms with van der Waals surface area (Å²) in [5, 5.41) is 4.77. The molecule has 0 N–H and O–H groups in total. The summed E-state index contributed by atoms with van der Waals surface area (Å²) in [7, 11) is 0. The molecule has 0 unspecified atom stereocenters. The number of halogens is 2. The summed E-state index contributed by atoms with van der Waals surface area (Å²) >= 11 is 12.1. The van der Waals surface area contributed by atoms with Crippen molar-refractivity contribution in [2.75, 3.05) is 0 Å². The van der Waals surface area contributed by atoms with Gasteiger partial charge in [-0.25, -0.2) is 4.79 Å². The van der Waals surface area contributed by atoms with Gasteiger partial charge in [0.1, 0.15) is 12.4 Å². The van der Waals surface area contributed by atoms with E-state index in [4.69, 9.17) is 27.9 Å². The van der Waals surface area contributed by atoms with Gasteiger partial charge >= 0.3 is 5.97 Å². The van der Waals surface area contributed by atoms with Gasteiger partial charge in [-0.2, -0.15) is 0 Å². The normalized spacial score (nSPS) is 15.4. The number of rotatable bonds is 4. The van der Waals surface area contributed by atoms with Gasteiger partial charge in [0.25, 0.3) is 0 Å². The maximum atomic E-state index is 11.6. The van der Waals surface area contributed by atoms with Gasteiger partial charge in [-0.05, 0) is 48.4 Å². The highest BCUT2D eigenvalue weighted by Crippen LogP contribution is 2.28. The Bertz CT molecular complexity index is 842. The largest absolute Gasteiger partial charge is 0.487 e. The fourth-order valence-electron chi connectivity index (χ4n) is 2.15. The standard InChI is InChI=1S/C18H13Cl2NO3/c1-11-15(18(22)24-21-11)8-13-4-7-17(16(20)9-13)23-10-12-2-5-14(19)6-3-12/h2-9H,10H2,1H3. The predicted molar refractivity (Wildman–Crippen MR) is 94.4 cm³/mol. The second-order valence-corrected chi connectivity index (χ2v) is 6.06. The molecule has 0 spiro atoms. The average Bonchev–Trinajstić information content (AvgIpc) is 2.87. The van der Waals surface area contributed by atoms with Crippen molar-refractivity contribution >= 4 is 41.0 Å². The first-order valence-corrected chi connectivity index (χ1v) is 7.93. The molecule has 4 nitrogen and oxygen atoms in total. The van der Waals surface area contributed by atoms with Crippen LogP contribution < -0.4 is 4.74 Å². The van der Waals surface area contributed by atoms with E-state index in [2.05, 4.69) is 9.99 Å². The van der Waals surface area contributed by atoms with Crippen molar-refractivity contribution in [2.24, 2.45) is 5.16 Å². The zero-order valence-electron chi connectivity index (χ0n) is 12.8. The summed E-state index contributed by atoms with van der Waals surface area (Å²) in [6, 6.07) is 12.7. The molecule has 1 aliphatic heterocycles. The van der Waals surface area contributed by atoms with Crippen molar-refractivity contribution in [3.8, 4) is 5.75 Å². The Balaban J connectivity index is 1.73. The van der Waals surface area contributed by atoms with Gasteiger partial charge in [-0.15, -0.1) is 0 Å². The number of hydrogen-bond acceptors (Lipinski definition) is 4. The first-order chi connectivity index (χ1) is 11.5. The first kappa shape index (κ1) is 16.6. The van der Waals surface area contributed by atoms with Gasteiger partial charge in [0.15, 0.2) is 0 Å². The van der Waals surface area contributed by atoms with Crippen LogP contribution in [0.15, 0.2) is 53.2 Å². The number of ether oxygens (including phenoxy) is 1. The van der Waals surface area contributed by atoms with Crippen LogP contribution in [-0.4, -0.2) is 11.7 Å². The maximum absolute atomic E-state index is 11.6. The lowest BCUT2D eigenvalue weighted by Crippen LogP contribution is -2.01. The third kappa shape index (κ3) is 3.78. The maximum Gasteiger partial charge on any atom is 0.367 e. The molecule has 0 saturated heterocycles. The van der Waals surface area contributed by atoms with Crippen molar-refractivity contribution in [3.63, 3.8) is 0 Å². The van der Waals surface area contributed by atoms with Gasteiger partial charge in [0.2, 0.25) is 0 Å². The molecular weight excluding hydrogens is 349 g/mol. The molecule has 6 heteroatoms. The summed E-state index contributed by atoms with van der Waals surface area (Å²) in [5.41, 5.74) is 2.71. The minimum Gasteiger partial charge on any atom is -0.487 e. The third-order valence-corrected chi connectivity index (χ3v) is 4.00. The molecule has 0 atom stereocenters. The number of hydrogen-bond donors (Lipinski definition) is 0. The molecule has 1 aliphatic rings. The summed E-state index contributed by atoms with van der Waals surface area (Å²) in [5.74, 6) is 0.0971. The van der Waals surface area contributed by atoms with Crippen molar-refractivity contribution in [3.05, 3.63) is 69.2 Å². The molecule has 2 aromatic carbocycles. The zero-order valence-corrected chi connectivity index (χ0v) is 14.3. The van der Waals surface area contributed by atoms with Crippen LogP contribution >= 0.6 is 23.2 Å². The number of oxime groups is 1. The monoisotopic (exact) mass is 361 g/mol. The van der Waals surface area contributed by atoms with Crippen molar-refractivity contribution in [1.29, 1.82) is 0 Å². The van der Waals surface area contributed by atoms with Crippen LogP contribution in [0.25, 0.3) is 6.08 Å². The Morgan fingerprint density at radius 2 is 1.92 bits per heavy atom. The average molecular weight is 362 g/mol. The third-order valence-electron chi connectivity index (χ3n) is 3.45. The smallest absolute Gasteiger partial charge is 0.367 e. The number of carbonyl (C=O) groups excluding carboxylic acids is 1. The molecule has 0 fully saturated rings. The minimum atomic E-state index is -0.466. The van der Waals surface area contributed by atoms with Crippen LogP contribution in [0.1, 0.15) is 18.1 Å². The van der Waals surface area contributed by atoms with E-state index in [0.717, 1.165) is 11.1 Å². The molecule has 2 aromatic rings. The molecule has 122 valence electrons. The molecule has 0 saturated carbocycles. The van der Waals surface area contributed by atoms with Crippen molar-refractivity contribution in [2.45, 2.75) is 13.5 Å². The summed E-state index contributed by atoms with van der Waals surface area (Å²) in [6.45, 7) is 2.09. The molecule has 0 radical (unpaired) electrons. The van der Waals surface area contributed by atoms with Crippen LogP contribution in [0.4, 0.5) is 0 Å². The van der Waals surface area contributed by atoms with E-state index in [1.807, 2.05) is 30.3 Å². The van der Waals surface area contributed by atoms with E-state index in [1.54, 1.807) is 25.1 Å². The van der Waals surface area contributed by atoms with Gasteiger partial charge in [-0.1, -0.05) is 46.6 Å². The fraction of sp³-hybridized carbons (Fsp3) is 0.111. The Kier molecular flexibility index (Phi) is 4.88. The van der Waals surface area contributed by atoms with Gasteiger partial charge in [-0.3, -0.25) is 0 Å².